The number of rotatable bonds is 4. The third-order valence-electron chi connectivity index (χ3n) is 1.47. The molecule has 1 aromatic rings. The van der Waals surface area contributed by atoms with Gasteiger partial charge in [0.25, 0.3) is 0 Å². The number of nitrogens with one attached hydrogen (secondary N) is 1. The third-order valence-corrected chi connectivity index (χ3v) is 1.99. The minimum atomic E-state index is 0.504. The first-order chi connectivity index (χ1) is 5.33. The molecule has 1 atom stereocenters. The van der Waals surface area contributed by atoms with Gasteiger partial charge in [0, 0.05) is 12.5 Å². The van der Waals surface area contributed by atoms with Gasteiger partial charge in [-0.15, -0.1) is 0 Å². The Morgan fingerprint density at radius 3 is 3.09 bits per heavy atom. The predicted molar refractivity (Wildman–Crippen MR) is 46.8 cm³/mol. The normalized spacial score (nSPS) is 13.3. The van der Waals surface area contributed by atoms with Gasteiger partial charge in [-0.3, -0.25) is 0 Å². The van der Waals surface area contributed by atoms with Crippen molar-refractivity contribution in [1.29, 1.82) is 0 Å². The van der Waals surface area contributed by atoms with Crippen molar-refractivity contribution in [3.05, 3.63) is 11.9 Å². The maximum atomic E-state index is 4.13. The lowest BCUT2D eigenvalue weighted by Crippen LogP contribution is -2.27. The Hall–Kier alpha value is -0.480. The molecule has 0 spiro atoms. The van der Waals surface area contributed by atoms with Crippen molar-refractivity contribution in [1.82, 2.24) is 14.1 Å². The molecular weight excluding hydrogens is 158 g/mol. The van der Waals surface area contributed by atoms with Crippen LogP contribution in [0.1, 0.15) is 19.5 Å². The highest BCUT2D eigenvalue weighted by atomic mass is 32.1. The highest BCUT2D eigenvalue weighted by Crippen LogP contribution is 1.99. The topological polar surface area (TPSA) is 37.8 Å². The van der Waals surface area contributed by atoms with Gasteiger partial charge in [0.15, 0.2) is 0 Å². The van der Waals surface area contributed by atoms with Gasteiger partial charge >= 0.3 is 0 Å². The summed E-state index contributed by atoms with van der Waals surface area (Å²) in [5.41, 5.74) is 1.09. The lowest BCUT2D eigenvalue weighted by atomic mass is 10.2. The van der Waals surface area contributed by atoms with Crippen molar-refractivity contribution in [2.45, 2.75) is 26.3 Å². The van der Waals surface area contributed by atoms with Gasteiger partial charge in [0.2, 0.25) is 0 Å². The van der Waals surface area contributed by atoms with Gasteiger partial charge in [-0.25, -0.2) is 0 Å². The zero-order valence-corrected chi connectivity index (χ0v) is 7.69. The molecule has 0 saturated carbocycles. The molecule has 1 heterocycles. The Labute approximate surface area is 71.2 Å². The van der Waals surface area contributed by atoms with Crippen molar-refractivity contribution in [2.24, 2.45) is 0 Å². The van der Waals surface area contributed by atoms with Crippen LogP contribution >= 0.6 is 11.7 Å². The molecule has 62 valence electrons. The van der Waals surface area contributed by atoms with Crippen LogP contribution in [0.2, 0.25) is 0 Å². The van der Waals surface area contributed by atoms with Crippen LogP contribution in [0.5, 0.6) is 0 Å². The summed E-state index contributed by atoms with van der Waals surface area (Å²) in [6, 6.07) is 0.504. The van der Waals surface area contributed by atoms with E-state index in [1.54, 1.807) is 0 Å². The second kappa shape index (κ2) is 4.41. The Bertz CT molecular complexity index is 186. The third kappa shape index (κ3) is 2.95. The molecule has 0 aliphatic heterocycles. The van der Waals surface area contributed by atoms with Crippen molar-refractivity contribution < 1.29 is 0 Å². The average Bonchev–Trinajstić information content (AvgIpc) is 2.40. The Kier molecular flexibility index (Phi) is 3.45. The van der Waals surface area contributed by atoms with Crippen LogP contribution in [-0.2, 0) is 6.42 Å². The van der Waals surface area contributed by atoms with E-state index in [1.807, 2.05) is 6.20 Å². The zero-order valence-electron chi connectivity index (χ0n) is 6.87. The second-order valence-electron chi connectivity index (χ2n) is 2.56. The molecule has 3 nitrogen and oxygen atoms in total. The van der Waals surface area contributed by atoms with Crippen molar-refractivity contribution >= 4 is 11.7 Å². The fourth-order valence-electron chi connectivity index (χ4n) is 1.01. The molecule has 1 aromatic heterocycles. The predicted octanol–water partition coefficient (Wildman–Crippen LogP) is 1.08. The maximum Gasteiger partial charge on any atom is 0.0758 e. The van der Waals surface area contributed by atoms with Crippen LogP contribution in [-0.4, -0.2) is 21.3 Å². The molecule has 1 rings (SSSR count). The molecule has 0 amide bonds. The minimum absolute atomic E-state index is 0.504. The minimum Gasteiger partial charge on any atom is -0.314 e. The molecule has 1 unspecified atom stereocenters. The molecule has 1 N–H and O–H groups in total. The van der Waals surface area contributed by atoms with E-state index in [4.69, 9.17) is 0 Å². The summed E-state index contributed by atoms with van der Waals surface area (Å²) in [5, 5.41) is 3.32. The van der Waals surface area contributed by atoms with E-state index in [1.165, 1.54) is 11.7 Å². The number of aromatic nitrogens is 2. The van der Waals surface area contributed by atoms with E-state index >= 15 is 0 Å². The zero-order chi connectivity index (χ0) is 8.10. The molecule has 0 aliphatic rings. The summed E-state index contributed by atoms with van der Waals surface area (Å²) >= 11 is 1.27. The average molecular weight is 171 g/mol. The summed E-state index contributed by atoms with van der Waals surface area (Å²) in [6.45, 7) is 5.28. The fourth-order valence-corrected chi connectivity index (χ4v) is 1.45. The summed E-state index contributed by atoms with van der Waals surface area (Å²) in [6.07, 6.45) is 2.81. The summed E-state index contributed by atoms with van der Waals surface area (Å²) in [4.78, 5) is 0. The Morgan fingerprint density at radius 2 is 2.55 bits per heavy atom. The molecule has 0 fully saturated rings. The van der Waals surface area contributed by atoms with E-state index in [-0.39, 0.29) is 0 Å². The van der Waals surface area contributed by atoms with Gasteiger partial charge < -0.3 is 5.32 Å². The summed E-state index contributed by atoms with van der Waals surface area (Å²) in [7, 11) is 0. The van der Waals surface area contributed by atoms with Crippen molar-refractivity contribution in [3.8, 4) is 0 Å². The van der Waals surface area contributed by atoms with Crippen LogP contribution in [0.25, 0.3) is 0 Å². The van der Waals surface area contributed by atoms with Gasteiger partial charge in [-0.2, -0.15) is 8.75 Å². The molecule has 0 bridgehead atoms. The quantitative estimate of drug-likeness (QED) is 0.736. The van der Waals surface area contributed by atoms with Gasteiger partial charge in [-0.05, 0) is 13.5 Å². The largest absolute Gasteiger partial charge is 0.314 e. The Balaban J connectivity index is 2.31. The number of hydrogen-bond donors (Lipinski definition) is 1. The summed E-state index contributed by atoms with van der Waals surface area (Å²) < 4.78 is 8.07. The standard InChI is InChI=1S/C7H13N3S/c1-3-8-6(2)4-7-5-9-11-10-7/h5-6,8H,3-4H2,1-2H3. The monoisotopic (exact) mass is 171 g/mol. The fraction of sp³-hybridized carbons (Fsp3) is 0.714. The number of likely N-dealkylation sites (N-methyl/N-ethyl adjacent to an activating group) is 1. The van der Waals surface area contributed by atoms with E-state index in [2.05, 4.69) is 27.9 Å². The Morgan fingerprint density at radius 1 is 1.73 bits per heavy atom. The van der Waals surface area contributed by atoms with Gasteiger partial charge in [0.1, 0.15) is 0 Å². The number of hydrogen-bond acceptors (Lipinski definition) is 4. The van der Waals surface area contributed by atoms with Crippen LogP contribution in [0.15, 0.2) is 6.20 Å². The molecular formula is C7H13N3S. The van der Waals surface area contributed by atoms with Gasteiger partial charge in [-0.1, -0.05) is 6.92 Å². The lowest BCUT2D eigenvalue weighted by molar-refractivity contribution is 0.561. The van der Waals surface area contributed by atoms with Crippen molar-refractivity contribution in [3.63, 3.8) is 0 Å². The highest BCUT2D eigenvalue weighted by molar-refractivity contribution is 6.99. The van der Waals surface area contributed by atoms with Crippen LogP contribution in [0.3, 0.4) is 0 Å². The van der Waals surface area contributed by atoms with E-state index < -0.39 is 0 Å². The molecule has 0 radical (unpaired) electrons. The van der Waals surface area contributed by atoms with E-state index in [9.17, 15) is 0 Å². The second-order valence-corrected chi connectivity index (χ2v) is 3.12. The van der Waals surface area contributed by atoms with Gasteiger partial charge in [0.05, 0.1) is 23.6 Å². The molecule has 0 saturated heterocycles. The van der Waals surface area contributed by atoms with E-state index in [0.29, 0.717) is 6.04 Å². The smallest absolute Gasteiger partial charge is 0.0758 e. The highest BCUT2D eigenvalue weighted by Gasteiger charge is 2.02. The first kappa shape index (κ1) is 8.62. The number of nitrogens with zero attached hydrogens (tertiary/aromatic N) is 2. The van der Waals surface area contributed by atoms with Crippen LogP contribution < -0.4 is 5.32 Å². The molecule has 4 heteroatoms. The van der Waals surface area contributed by atoms with Crippen LogP contribution in [0, 0.1) is 0 Å². The van der Waals surface area contributed by atoms with Crippen LogP contribution in [0.4, 0.5) is 0 Å². The van der Waals surface area contributed by atoms with Crippen molar-refractivity contribution in [2.75, 3.05) is 6.54 Å². The first-order valence-corrected chi connectivity index (χ1v) is 4.55. The molecule has 0 aromatic carbocycles. The molecule has 11 heavy (non-hydrogen) atoms. The maximum absolute atomic E-state index is 4.13. The summed E-state index contributed by atoms with van der Waals surface area (Å²) in [5.74, 6) is 0. The lowest BCUT2D eigenvalue weighted by Gasteiger charge is -2.08. The first-order valence-electron chi connectivity index (χ1n) is 3.82. The SMILES string of the molecule is CCNC(C)Cc1cnsn1. The van der Waals surface area contributed by atoms with E-state index in [0.717, 1.165) is 18.7 Å². The molecule has 0 aliphatic carbocycles.